The van der Waals surface area contributed by atoms with E-state index in [2.05, 4.69) is 5.32 Å². The predicted molar refractivity (Wildman–Crippen MR) is 74.7 cm³/mol. The van der Waals surface area contributed by atoms with Gasteiger partial charge in [-0.2, -0.15) is 0 Å². The Hall–Kier alpha value is -1.11. The normalized spacial score (nSPS) is 12.3. The van der Waals surface area contributed by atoms with Crippen LogP contribution in [0.15, 0.2) is 23.1 Å². The van der Waals surface area contributed by atoms with Gasteiger partial charge in [0.1, 0.15) is 4.90 Å². The first-order chi connectivity index (χ1) is 8.57. The van der Waals surface area contributed by atoms with E-state index in [4.69, 9.17) is 16.7 Å². The van der Waals surface area contributed by atoms with Crippen molar-refractivity contribution in [3.63, 3.8) is 0 Å². The molecule has 0 aromatic heterocycles. The number of primary sulfonamides is 1. The van der Waals surface area contributed by atoms with Crippen LogP contribution >= 0.6 is 11.6 Å². The van der Waals surface area contributed by atoms with E-state index < -0.39 is 10.0 Å². The average Bonchev–Trinajstić information content (AvgIpc) is 2.27. The van der Waals surface area contributed by atoms with E-state index in [1.54, 1.807) is 0 Å². The Kier molecular flexibility index (Phi) is 4.60. The Balaban J connectivity index is 3.14. The largest absolute Gasteiger partial charge is 0.347 e. The molecule has 0 saturated carbocycles. The minimum Gasteiger partial charge on any atom is -0.347 e. The maximum atomic E-state index is 12.0. The summed E-state index contributed by atoms with van der Waals surface area (Å²) < 4.78 is 22.7. The molecule has 0 atom stereocenters. The van der Waals surface area contributed by atoms with Crippen molar-refractivity contribution in [2.45, 2.75) is 37.6 Å². The highest BCUT2D eigenvalue weighted by Gasteiger charge is 2.21. The number of rotatable bonds is 4. The quantitative estimate of drug-likeness (QED) is 0.890. The van der Waals surface area contributed by atoms with Gasteiger partial charge in [0, 0.05) is 11.1 Å². The minimum atomic E-state index is -3.95. The van der Waals surface area contributed by atoms with Crippen molar-refractivity contribution in [2.75, 3.05) is 0 Å². The van der Waals surface area contributed by atoms with Crippen LogP contribution in [0.3, 0.4) is 0 Å². The number of nitrogens with one attached hydrogen (secondary N) is 1. The molecule has 0 unspecified atom stereocenters. The topological polar surface area (TPSA) is 89.3 Å². The molecule has 0 fully saturated rings. The lowest BCUT2D eigenvalue weighted by Gasteiger charge is -2.24. The lowest BCUT2D eigenvalue weighted by Crippen LogP contribution is -2.42. The van der Waals surface area contributed by atoms with Gasteiger partial charge in [-0.15, -0.1) is 0 Å². The molecule has 0 radical (unpaired) electrons. The first kappa shape index (κ1) is 15.9. The first-order valence-electron chi connectivity index (χ1n) is 5.71. The number of carbonyl (C=O) groups excluding carboxylic acids is 1. The van der Waals surface area contributed by atoms with E-state index in [1.807, 2.05) is 20.8 Å². The van der Waals surface area contributed by atoms with Crippen LogP contribution in [-0.2, 0) is 10.0 Å². The van der Waals surface area contributed by atoms with E-state index in [0.29, 0.717) is 0 Å². The lowest BCUT2D eigenvalue weighted by atomic mass is 10.0. The summed E-state index contributed by atoms with van der Waals surface area (Å²) in [6, 6.07) is 3.98. The summed E-state index contributed by atoms with van der Waals surface area (Å²) in [6.45, 7) is 5.70. The number of carbonyl (C=O) groups is 1. The van der Waals surface area contributed by atoms with Crippen LogP contribution in [0.25, 0.3) is 0 Å². The monoisotopic (exact) mass is 304 g/mol. The molecular weight excluding hydrogens is 288 g/mol. The van der Waals surface area contributed by atoms with E-state index in [1.165, 1.54) is 18.2 Å². The standard InChI is InChI=1S/C12H17ClN2O3S/c1-4-12(2,3)15-11(16)8-5-6-9(13)10(7-8)19(14,17)18/h5-7H,4H2,1-3H3,(H,15,16)(H2,14,17,18). The molecule has 19 heavy (non-hydrogen) atoms. The summed E-state index contributed by atoms with van der Waals surface area (Å²) in [4.78, 5) is 11.8. The molecule has 0 spiro atoms. The second-order valence-electron chi connectivity index (χ2n) is 4.88. The third kappa shape index (κ3) is 4.19. The molecule has 1 amide bonds. The van der Waals surface area contributed by atoms with Crippen LogP contribution in [0.1, 0.15) is 37.6 Å². The number of nitrogens with two attached hydrogens (primary N) is 1. The van der Waals surface area contributed by atoms with Gasteiger partial charge in [0.2, 0.25) is 10.0 Å². The molecule has 5 nitrogen and oxygen atoms in total. The van der Waals surface area contributed by atoms with E-state index in [-0.39, 0.29) is 26.9 Å². The van der Waals surface area contributed by atoms with Gasteiger partial charge in [-0.05, 0) is 38.5 Å². The average molecular weight is 305 g/mol. The number of hydrogen-bond donors (Lipinski definition) is 2. The minimum absolute atomic E-state index is 0.00574. The molecule has 0 aliphatic heterocycles. The fourth-order valence-electron chi connectivity index (χ4n) is 1.33. The van der Waals surface area contributed by atoms with Crippen molar-refractivity contribution in [3.05, 3.63) is 28.8 Å². The smallest absolute Gasteiger partial charge is 0.251 e. The third-order valence-corrected chi connectivity index (χ3v) is 4.23. The van der Waals surface area contributed by atoms with E-state index >= 15 is 0 Å². The van der Waals surface area contributed by atoms with Gasteiger partial charge < -0.3 is 5.32 Å². The number of hydrogen-bond acceptors (Lipinski definition) is 3. The summed E-state index contributed by atoms with van der Waals surface area (Å²) in [7, 11) is -3.95. The second kappa shape index (κ2) is 5.48. The molecule has 0 bridgehead atoms. The number of benzene rings is 1. The zero-order chi connectivity index (χ0) is 14.8. The van der Waals surface area contributed by atoms with Gasteiger partial charge in [0.25, 0.3) is 5.91 Å². The molecule has 3 N–H and O–H groups in total. The van der Waals surface area contributed by atoms with Crippen molar-refractivity contribution in [3.8, 4) is 0 Å². The van der Waals surface area contributed by atoms with Gasteiger partial charge in [0.15, 0.2) is 0 Å². The maximum Gasteiger partial charge on any atom is 0.251 e. The molecule has 106 valence electrons. The number of sulfonamides is 1. The van der Waals surface area contributed by atoms with E-state index in [0.717, 1.165) is 6.42 Å². The highest BCUT2D eigenvalue weighted by Crippen LogP contribution is 2.22. The highest BCUT2D eigenvalue weighted by molar-refractivity contribution is 7.89. The Labute approximate surface area is 118 Å². The fraction of sp³-hybridized carbons (Fsp3) is 0.417. The Morgan fingerprint density at radius 1 is 1.42 bits per heavy atom. The predicted octanol–water partition coefficient (Wildman–Crippen LogP) is 1.91. The van der Waals surface area contributed by atoms with Gasteiger partial charge in [0.05, 0.1) is 5.02 Å². The zero-order valence-corrected chi connectivity index (χ0v) is 12.6. The molecular formula is C12H17ClN2O3S. The van der Waals surface area contributed by atoms with Crippen LogP contribution in [0, 0.1) is 0 Å². The summed E-state index contributed by atoms with van der Waals surface area (Å²) in [5.74, 6) is -0.367. The van der Waals surface area contributed by atoms with E-state index in [9.17, 15) is 13.2 Å². The van der Waals surface area contributed by atoms with Crippen molar-refractivity contribution in [1.29, 1.82) is 0 Å². The number of amides is 1. The summed E-state index contributed by atoms with van der Waals surface area (Å²) in [5.41, 5.74) is -0.173. The molecule has 0 aliphatic rings. The Bertz CT molecular complexity index is 597. The van der Waals surface area contributed by atoms with Gasteiger partial charge >= 0.3 is 0 Å². The second-order valence-corrected chi connectivity index (χ2v) is 6.82. The summed E-state index contributed by atoms with van der Waals surface area (Å²) >= 11 is 5.76. The maximum absolute atomic E-state index is 12.0. The van der Waals surface area contributed by atoms with Crippen LogP contribution in [-0.4, -0.2) is 19.9 Å². The molecule has 1 aromatic carbocycles. The molecule has 0 saturated heterocycles. The van der Waals surface area contributed by atoms with Crippen molar-refractivity contribution < 1.29 is 13.2 Å². The Morgan fingerprint density at radius 2 is 2.00 bits per heavy atom. The van der Waals surface area contributed by atoms with Crippen LogP contribution in [0.2, 0.25) is 5.02 Å². The summed E-state index contributed by atoms with van der Waals surface area (Å²) in [5, 5.41) is 7.83. The van der Waals surface area contributed by atoms with Gasteiger partial charge in [-0.25, -0.2) is 13.6 Å². The molecule has 0 heterocycles. The summed E-state index contributed by atoms with van der Waals surface area (Å²) in [6.07, 6.45) is 0.744. The zero-order valence-electron chi connectivity index (χ0n) is 11.0. The lowest BCUT2D eigenvalue weighted by molar-refractivity contribution is 0.0911. The van der Waals surface area contributed by atoms with Gasteiger partial charge in [-0.1, -0.05) is 18.5 Å². The van der Waals surface area contributed by atoms with Crippen molar-refractivity contribution in [1.82, 2.24) is 5.32 Å². The third-order valence-electron chi connectivity index (χ3n) is 2.84. The fourth-order valence-corrected chi connectivity index (χ4v) is 2.40. The van der Waals surface area contributed by atoms with Crippen LogP contribution < -0.4 is 10.5 Å². The van der Waals surface area contributed by atoms with Crippen molar-refractivity contribution >= 4 is 27.5 Å². The highest BCUT2D eigenvalue weighted by atomic mass is 35.5. The first-order valence-corrected chi connectivity index (χ1v) is 7.64. The Morgan fingerprint density at radius 3 is 2.47 bits per heavy atom. The SMILES string of the molecule is CCC(C)(C)NC(=O)c1ccc(Cl)c(S(N)(=O)=O)c1. The van der Waals surface area contributed by atoms with Crippen LogP contribution in [0.5, 0.6) is 0 Å². The van der Waals surface area contributed by atoms with Crippen molar-refractivity contribution in [2.24, 2.45) is 5.14 Å². The van der Waals surface area contributed by atoms with Crippen LogP contribution in [0.4, 0.5) is 0 Å². The van der Waals surface area contributed by atoms with Gasteiger partial charge in [-0.3, -0.25) is 4.79 Å². The molecule has 0 aliphatic carbocycles. The molecule has 1 aromatic rings. The molecule has 1 rings (SSSR count). The molecule has 7 heteroatoms. The number of halogens is 1.